The van der Waals surface area contributed by atoms with Gasteiger partial charge in [0.15, 0.2) is 0 Å². The maximum atomic E-state index is 12.6. The number of thiophene rings is 1. The predicted molar refractivity (Wildman–Crippen MR) is 91.0 cm³/mol. The summed E-state index contributed by atoms with van der Waals surface area (Å²) in [5.41, 5.74) is 1.76. The van der Waals surface area contributed by atoms with Gasteiger partial charge in [-0.05, 0) is 34.9 Å². The van der Waals surface area contributed by atoms with Crippen LogP contribution in [0.5, 0.6) is 5.75 Å². The van der Waals surface area contributed by atoms with E-state index >= 15 is 0 Å². The number of rotatable bonds is 5. The molecule has 5 nitrogen and oxygen atoms in total. The van der Waals surface area contributed by atoms with Crippen molar-refractivity contribution < 1.29 is 19.4 Å². The van der Waals surface area contributed by atoms with Crippen LogP contribution in [0.25, 0.3) is 0 Å². The Hall–Kier alpha value is -2.34. The molecule has 1 amide bonds. The second kappa shape index (κ2) is 7.05. The minimum Gasteiger partial charge on any atom is -0.496 e. The van der Waals surface area contributed by atoms with E-state index in [0.717, 1.165) is 11.1 Å². The van der Waals surface area contributed by atoms with Gasteiger partial charge in [0.05, 0.1) is 19.1 Å². The molecule has 1 saturated heterocycles. The average Bonchev–Trinajstić information content (AvgIpc) is 3.09. The van der Waals surface area contributed by atoms with E-state index in [2.05, 4.69) is 0 Å². The number of carboxylic acid groups (broad SMARTS) is 1. The van der Waals surface area contributed by atoms with E-state index < -0.39 is 17.9 Å². The molecule has 2 heterocycles. The molecular weight excluding hydrogens is 326 g/mol. The summed E-state index contributed by atoms with van der Waals surface area (Å²) in [6.45, 7) is 0.412. The zero-order valence-electron chi connectivity index (χ0n) is 13.3. The first-order chi connectivity index (χ1) is 11.6. The Bertz CT molecular complexity index is 728. The normalized spacial score (nSPS) is 20.9. The minimum atomic E-state index is -0.881. The first-order valence-electron chi connectivity index (χ1n) is 7.78. The summed E-state index contributed by atoms with van der Waals surface area (Å²) in [6.07, 6.45) is 0.601. The number of carbonyl (C=O) groups excluding carboxylic acids is 1. The quantitative estimate of drug-likeness (QED) is 0.903. The molecule has 0 spiro atoms. The number of benzene rings is 1. The topological polar surface area (TPSA) is 66.8 Å². The Balaban J connectivity index is 2.04. The van der Waals surface area contributed by atoms with Gasteiger partial charge in [0.1, 0.15) is 5.75 Å². The van der Waals surface area contributed by atoms with Gasteiger partial charge in [-0.15, -0.1) is 0 Å². The van der Waals surface area contributed by atoms with Crippen molar-refractivity contribution in [1.29, 1.82) is 0 Å². The second-order valence-corrected chi connectivity index (χ2v) is 6.60. The molecule has 2 aromatic rings. The predicted octanol–water partition coefficient (Wildman–Crippen LogP) is 3.32. The van der Waals surface area contributed by atoms with Crippen LogP contribution in [-0.4, -0.2) is 29.0 Å². The number of amides is 1. The highest BCUT2D eigenvalue weighted by Crippen LogP contribution is 2.41. The van der Waals surface area contributed by atoms with Crippen molar-refractivity contribution in [3.63, 3.8) is 0 Å². The molecule has 0 saturated carbocycles. The van der Waals surface area contributed by atoms with Gasteiger partial charge in [0.2, 0.25) is 5.91 Å². The van der Waals surface area contributed by atoms with Gasteiger partial charge in [-0.3, -0.25) is 9.59 Å². The standard InChI is InChI=1S/C18H19NO4S/c1-23-15-5-3-2-4-13(15)17-14(18(21)22)6-7-16(20)19(17)10-12-8-9-24-11-12/h2-5,8-9,11,14,17H,6-7,10H2,1H3,(H,21,22). The third kappa shape index (κ3) is 3.14. The number of ether oxygens (including phenoxy) is 1. The molecular formula is C18H19NO4S. The van der Waals surface area contributed by atoms with Crippen LogP contribution < -0.4 is 4.74 Å². The Kier molecular flexibility index (Phi) is 4.85. The van der Waals surface area contributed by atoms with Crippen LogP contribution in [0.4, 0.5) is 0 Å². The number of para-hydroxylation sites is 1. The highest BCUT2D eigenvalue weighted by Gasteiger charge is 2.41. The Labute approximate surface area is 144 Å². The number of likely N-dealkylation sites (tertiary alicyclic amines) is 1. The van der Waals surface area contributed by atoms with Gasteiger partial charge in [0.25, 0.3) is 0 Å². The van der Waals surface area contributed by atoms with E-state index in [-0.39, 0.29) is 12.3 Å². The molecule has 0 radical (unpaired) electrons. The lowest BCUT2D eigenvalue weighted by atomic mass is 9.83. The lowest BCUT2D eigenvalue weighted by Crippen LogP contribution is -2.44. The third-order valence-corrected chi connectivity index (χ3v) is 5.15. The van der Waals surface area contributed by atoms with Crippen LogP contribution in [0.15, 0.2) is 41.1 Å². The molecule has 2 unspecified atom stereocenters. The largest absolute Gasteiger partial charge is 0.496 e. The van der Waals surface area contributed by atoms with Crippen molar-refractivity contribution in [3.8, 4) is 5.75 Å². The van der Waals surface area contributed by atoms with Crippen LogP contribution in [0.3, 0.4) is 0 Å². The minimum absolute atomic E-state index is 0.0189. The second-order valence-electron chi connectivity index (χ2n) is 5.82. The van der Waals surface area contributed by atoms with E-state index in [4.69, 9.17) is 4.74 Å². The molecule has 1 aliphatic heterocycles. The van der Waals surface area contributed by atoms with Crippen molar-refractivity contribution >= 4 is 23.2 Å². The molecule has 1 aromatic carbocycles. The molecule has 1 N–H and O–H groups in total. The summed E-state index contributed by atoms with van der Waals surface area (Å²) in [6, 6.07) is 8.76. The molecule has 1 fully saturated rings. The maximum absolute atomic E-state index is 12.6. The Morgan fingerprint density at radius 1 is 1.38 bits per heavy atom. The lowest BCUT2D eigenvalue weighted by molar-refractivity contribution is -0.152. The maximum Gasteiger partial charge on any atom is 0.308 e. The van der Waals surface area contributed by atoms with Crippen LogP contribution >= 0.6 is 11.3 Å². The number of aliphatic carboxylic acids is 1. The molecule has 3 rings (SSSR count). The fourth-order valence-corrected chi connectivity index (χ4v) is 3.93. The molecule has 24 heavy (non-hydrogen) atoms. The fourth-order valence-electron chi connectivity index (χ4n) is 3.27. The molecule has 6 heteroatoms. The molecule has 1 aromatic heterocycles. The van der Waals surface area contributed by atoms with Crippen LogP contribution in [-0.2, 0) is 16.1 Å². The summed E-state index contributed by atoms with van der Waals surface area (Å²) in [7, 11) is 1.56. The zero-order chi connectivity index (χ0) is 17.1. The summed E-state index contributed by atoms with van der Waals surface area (Å²) < 4.78 is 5.42. The number of piperidine rings is 1. The average molecular weight is 345 g/mol. The molecule has 2 atom stereocenters. The van der Waals surface area contributed by atoms with E-state index in [0.29, 0.717) is 18.7 Å². The molecule has 0 bridgehead atoms. The summed E-state index contributed by atoms with van der Waals surface area (Å²) in [5, 5.41) is 13.6. The van der Waals surface area contributed by atoms with E-state index in [1.165, 1.54) is 0 Å². The molecule has 126 valence electrons. The van der Waals surface area contributed by atoms with Crippen LogP contribution in [0.2, 0.25) is 0 Å². The number of carbonyl (C=O) groups is 2. The SMILES string of the molecule is COc1ccccc1C1C(C(=O)O)CCC(=O)N1Cc1ccsc1. The summed E-state index contributed by atoms with van der Waals surface area (Å²) in [4.78, 5) is 26.1. The smallest absolute Gasteiger partial charge is 0.308 e. The Morgan fingerprint density at radius 2 is 2.17 bits per heavy atom. The van der Waals surface area contributed by atoms with E-state index in [1.54, 1.807) is 29.4 Å². The van der Waals surface area contributed by atoms with Gasteiger partial charge in [-0.1, -0.05) is 18.2 Å². The van der Waals surface area contributed by atoms with Crippen molar-refractivity contribution in [1.82, 2.24) is 4.90 Å². The van der Waals surface area contributed by atoms with Gasteiger partial charge in [-0.25, -0.2) is 0 Å². The molecule has 1 aliphatic rings. The Morgan fingerprint density at radius 3 is 2.83 bits per heavy atom. The van der Waals surface area contributed by atoms with Crippen molar-refractivity contribution in [2.45, 2.75) is 25.4 Å². The summed E-state index contributed by atoms with van der Waals surface area (Å²) >= 11 is 1.56. The zero-order valence-corrected chi connectivity index (χ0v) is 14.2. The monoisotopic (exact) mass is 345 g/mol. The van der Waals surface area contributed by atoms with Crippen LogP contribution in [0, 0.1) is 5.92 Å². The third-order valence-electron chi connectivity index (χ3n) is 4.41. The van der Waals surface area contributed by atoms with Crippen molar-refractivity contribution in [2.24, 2.45) is 5.92 Å². The van der Waals surface area contributed by atoms with Gasteiger partial charge in [-0.2, -0.15) is 11.3 Å². The number of hydrogen-bond acceptors (Lipinski definition) is 4. The molecule has 0 aliphatic carbocycles. The van der Waals surface area contributed by atoms with Gasteiger partial charge < -0.3 is 14.7 Å². The van der Waals surface area contributed by atoms with E-state index in [9.17, 15) is 14.7 Å². The fraction of sp³-hybridized carbons (Fsp3) is 0.333. The summed E-state index contributed by atoms with van der Waals surface area (Å²) in [5.74, 6) is -0.931. The number of methoxy groups -OCH3 is 1. The van der Waals surface area contributed by atoms with E-state index in [1.807, 2.05) is 35.0 Å². The number of nitrogens with zero attached hydrogens (tertiary/aromatic N) is 1. The van der Waals surface area contributed by atoms with Gasteiger partial charge in [0, 0.05) is 18.5 Å². The van der Waals surface area contributed by atoms with Crippen molar-refractivity contribution in [3.05, 3.63) is 52.2 Å². The highest BCUT2D eigenvalue weighted by atomic mass is 32.1. The number of carboxylic acids is 1. The number of hydrogen-bond donors (Lipinski definition) is 1. The highest BCUT2D eigenvalue weighted by molar-refractivity contribution is 7.07. The van der Waals surface area contributed by atoms with Crippen LogP contribution in [0.1, 0.15) is 30.0 Å². The first kappa shape index (κ1) is 16.5. The lowest BCUT2D eigenvalue weighted by Gasteiger charge is -2.40. The van der Waals surface area contributed by atoms with Gasteiger partial charge >= 0.3 is 5.97 Å². The first-order valence-corrected chi connectivity index (χ1v) is 8.72. The van der Waals surface area contributed by atoms with Crippen molar-refractivity contribution in [2.75, 3.05) is 7.11 Å².